The molecule has 154 valence electrons. The second-order valence-electron chi connectivity index (χ2n) is 7.61. The number of nitrogens with zero attached hydrogens (tertiary/aromatic N) is 4. The number of hydrogen-bond donors (Lipinski definition) is 0. The Hall–Kier alpha value is -2.51. The van der Waals surface area contributed by atoms with E-state index in [9.17, 15) is 4.79 Å². The summed E-state index contributed by atoms with van der Waals surface area (Å²) >= 11 is 0. The van der Waals surface area contributed by atoms with Crippen LogP contribution in [0.2, 0.25) is 0 Å². The van der Waals surface area contributed by atoms with Crippen LogP contribution in [-0.4, -0.2) is 60.7 Å². The molecule has 1 aromatic heterocycles. The molecular formula is C22H28N4O3. The van der Waals surface area contributed by atoms with Crippen LogP contribution in [0.4, 0.5) is 5.82 Å². The molecule has 2 aliphatic rings. The van der Waals surface area contributed by atoms with Crippen LogP contribution in [0.1, 0.15) is 29.5 Å². The third-order valence-corrected chi connectivity index (χ3v) is 5.49. The molecule has 1 fully saturated rings. The maximum Gasteiger partial charge on any atom is 0.318 e. The fraction of sp³-hybridized carbons (Fsp3) is 0.500. The molecule has 29 heavy (non-hydrogen) atoms. The van der Waals surface area contributed by atoms with Gasteiger partial charge in [0.2, 0.25) is 5.91 Å². The molecule has 0 N–H and O–H groups in total. The van der Waals surface area contributed by atoms with Crippen molar-refractivity contribution >= 4 is 11.7 Å². The Morgan fingerprint density at radius 3 is 2.59 bits per heavy atom. The van der Waals surface area contributed by atoms with Crippen molar-refractivity contribution in [3.8, 4) is 6.01 Å². The first-order valence-electron chi connectivity index (χ1n) is 10.3. The van der Waals surface area contributed by atoms with Gasteiger partial charge in [-0.2, -0.15) is 4.98 Å². The zero-order valence-corrected chi connectivity index (χ0v) is 17.0. The maximum atomic E-state index is 12.5. The van der Waals surface area contributed by atoms with Crippen molar-refractivity contribution < 1.29 is 14.3 Å². The van der Waals surface area contributed by atoms with Gasteiger partial charge in [-0.3, -0.25) is 14.6 Å². The zero-order chi connectivity index (χ0) is 20.1. The third kappa shape index (κ3) is 4.92. The first-order chi connectivity index (χ1) is 14.2. The standard InChI is InChI=1S/C22H28N4O3/c1-28-12-13-29-22-23-15-19-14-20(27)26(21(19)24-22)11-8-17-4-6-18(7-5-17)16-25-9-2-3-10-25/h4-7,15H,2-3,8-14,16H2,1H3. The number of rotatable bonds is 9. The minimum absolute atomic E-state index is 0.0639. The molecule has 3 heterocycles. The van der Waals surface area contributed by atoms with Gasteiger partial charge in [-0.15, -0.1) is 0 Å². The highest BCUT2D eigenvalue weighted by Gasteiger charge is 2.29. The van der Waals surface area contributed by atoms with Gasteiger partial charge in [-0.1, -0.05) is 24.3 Å². The summed E-state index contributed by atoms with van der Waals surface area (Å²) in [5, 5.41) is 0. The summed E-state index contributed by atoms with van der Waals surface area (Å²) in [5.41, 5.74) is 3.43. The van der Waals surface area contributed by atoms with Crippen molar-refractivity contribution in [2.24, 2.45) is 0 Å². The number of fused-ring (bicyclic) bond motifs is 1. The molecule has 0 atom stereocenters. The number of anilines is 1. The quantitative estimate of drug-likeness (QED) is 0.606. The van der Waals surface area contributed by atoms with Crippen molar-refractivity contribution in [3.63, 3.8) is 0 Å². The second kappa shape index (κ2) is 9.33. The van der Waals surface area contributed by atoms with Gasteiger partial charge in [0, 0.05) is 32.0 Å². The molecule has 1 amide bonds. The molecule has 0 aliphatic carbocycles. The molecular weight excluding hydrogens is 368 g/mol. The van der Waals surface area contributed by atoms with Crippen LogP contribution < -0.4 is 9.64 Å². The summed E-state index contributed by atoms with van der Waals surface area (Å²) in [6.07, 6.45) is 5.45. The number of hydrogen-bond acceptors (Lipinski definition) is 6. The number of amides is 1. The molecule has 1 aromatic carbocycles. The van der Waals surface area contributed by atoms with Crippen LogP contribution in [0.5, 0.6) is 6.01 Å². The van der Waals surface area contributed by atoms with Gasteiger partial charge in [0.25, 0.3) is 0 Å². The van der Waals surface area contributed by atoms with Gasteiger partial charge in [0.15, 0.2) is 0 Å². The van der Waals surface area contributed by atoms with Crippen molar-refractivity contribution in [1.82, 2.24) is 14.9 Å². The van der Waals surface area contributed by atoms with Gasteiger partial charge in [-0.25, -0.2) is 4.98 Å². The molecule has 1 saturated heterocycles. The molecule has 2 aliphatic heterocycles. The number of ether oxygens (including phenoxy) is 2. The molecule has 0 unspecified atom stereocenters. The van der Waals surface area contributed by atoms with Crippen LogP contribution >= 0.6 is 0 Å². The average Bonchev–Trinajstić information content (AvgIpc) is 3.35. The minimum atomic E-state index is 0.0639. The van der Waals surface area contributed by atoms with Gasteiger partial charge >= 0.3 is 6.01 Å². The van der Waals surface area contributed by atoms with E-state index < -0.39 is 0 Å². The molecule has 2 aromatic rings. The normalized spacial score (nSPS) is 16.4. The Bertz CT molecular complexity index is 834. The van der Waals surface area contributed by atoms with Gasteiger partial charge in [0.1, 0.15) is 12.4 Å². The van der Waals surface area contributed by atoms with Crippen LogP contribution in [-0.2, 0) is 28.9 Å². The molecule has 0 spiro atoms. The molecule has 0 bridgehead atoms. The van der Waals surface area contributed by atoms with E-state index in [0.29, 0.717) is 32.0 Å². The topological polar surface area (TPSA) is 67.8 Å². The lowest BCUT2D eigenvalue weighted by molar-refractivity contribution is -0.117. The first-order valence-corrected chi connectivity index (χ1v) is 10.3. The summed E-state index contributed by atoms with van der Waals surface area (Å²) in [7, 11) is 1.62. The number of likely N-dealkylation sites (tertiary alicyclic amines) is 1. The fourth-order valence-electron chi connectivity index (χ4n) is 3.88. The zero-order valence-electron chi connectivity index (χ0n) is 17.0. The summed E-state index contributed by atoms with van der Waals surface area (Å²) < 4.78 is 10.5. The average molecular weight is 396 g/mol. The van der Waals surface area contributed by atoms with E-state index in [1.807, 2.05) is 0 Å². The second-order valence-corrected chi connectivity index (χ2v) is 7.61. The van der Waals surface area contributed by atoms with Gasteiger partial charge < -0.3 is 9.47 Å². The highest BCUT2D eigenvalue weighted by atomic mass is 16.5. The lowest BCUT2D eigenvalue weighted by Crippen LogP contribution is -2.29. The SMILES string of the molecule is COCCOc1ncc2c(n1)N(CCc1ccc(CN3CCCC3)cc1)C(=O)C2. The number of methoxy groups -OCH3 is 1. The lowest BCUT2D eigenvalue weighted by atomic mass is 10.1. The van der Waals surface area contributed by atoms with Crippen LogP contribution in [0, 0.1) is 0 Å². The van der Waals surface area contributed by atoms with E-state index in [4.69, 9.17) is 9.47 Å². The van der Waals surface area contributed by atoms with Crippen molar-refractivity contribution in [2.75, 3.05) is 44.9 Å². The largest absolute Gasteiger partial charge is 0.461 e. The molecule has 4 rings (SSSR count). The number of carbonyl (C=O) groups is 1. The predicted molar refractivity (Wildman–Crippen MR) is 110 cm³/mol. The Morgan fingerprint density at radius 1 is 1.07 bits per heavy atom. The predicted octanol–water partition coefficient (Wildman–Crippen LogP) is 2.23. The summed E-state index contributed by atoms with van der Waals surface area (Å²) in [6.45, 7) is 4.89. The minimum Gasteiger partial charge on any atom is -0.461 e. The Morgan fingerprint density at radius 2 is 1.83 bits per heavy atom. The Kier molecular flexibility index (Phi) is 6.36. The summed E-state index contributed by atoms with van der Waals surface area (Å²) in [6, 6.07) is 9.04. The molecule has 0 saturated carbocycles. The summed E-state index contributed by atoms with van der Waals surface area (Å²) in [4.78, 5) is 25.4. The smallest absolute Gasteiger partial charge is 0.318 e. The third-order valence-electron chi connectivity index (χ3n) is 5.49. The van der Waals surface area contributed by atoms with Crippen LogP contribution in [0.3, 0.4) is 0 Å². The highest BCUT2D eigenvalue weighted by Crippen LogP contribution is 2.28. The van der Waals surface area contributed by atoms with Crippen LogP contribution in [0.25, 0.3) is 0 Å². The number of carbonyl (C=O) groups excluding carboxylic acids is 1. The van der Waals surface area contributed by atoms with E-state index >= 15 is 0 Å². The van der Waals surface area contributed by atoms with Crippen molar-refractivity contribution in [1.29, 1.82) is 0 Å². The van der Waals surface area contributed by atoms with Gasteiger partial charge in [-0.05, 0) is 43.5 Å². The Labute approximate surface area is 171 Å². The van der Waals surface area contributed by atoms with Gasteiger partial charge in [0.05, 0.1) is 13.0 Å². The number of aromatic nitrogens is 2. The highest BCUT2D eigenvalue weighted by molar-refractivity contribution is 6.00. The molecule has 7 nitrogen and oxygen atoms in total. The van der Waals surface area contributed by atoms with E-state index in [1.54, 1.807) is 18.2 Å². The van der Waals surface area contributed by atoms with Crippen LogP contribution in [0.15, 0.2) is 30.5 Å². The fourth-order valence-corrected chi connectivity index (χ4v) is 3.88. The monoisotopic (exact) mass is 396 g/mol. The molecule has 0 radical (unpaired) electrons. The van der Waals surface area contributed by atoms with Crippen molar-refractivity contribution in [2.45, 2.75) is 32.2 Å². The lowest BCUT2D eigenvalue weighted by Gasteiger charge is -2.17. The Balaban J connectivity index is 1.36. The van der Waals surface area contributed by atoms with E-state index in [-0.39, 0.29) is 11.9 Å². The van der Waals surface area contributed by atoms with E-state index in [2.05, 4.69) is 39.1 Å². The summed E-state index contributed by atoms with van der Waals surface area (Å²) in [5.74, 6) is 0.733. The number of benzene rings is 1. The first kappa shape index (κ1) is 19.8. The molecule has 7 heteroatoms. The van der Waals surface area contributed by atoms with E-state index in [0.717, 1.165) is 18.5 Å². The maximum absolute atomic E-state index is 12.5. The van der Waals surface area contributed by atoms with E-state index in [1.165, 1.54) is 37.1 Å². The van der Waals surface area contributed by atoms with Crippen molar-refractivity contribution in [3.05, 3.63) is 47.2 Å².